The van der Waals surface area contributed by atoms with Crippen LogP contribution in [0.4, 0.5) is 0 Å². The van der Waals surface area contributed by atoms with Crippen molar-refractivity contribution < 1.29 is 8.42 Å². The molecule has 1 aromatic rings. The van der Waals surface area contributed by atoms with E-state index in [-0.39, 0.29) is 13.0 Å². The van der Waals surface area contributed by atoms with Crippen LogP contribution in [0.3, 0.4) is 0 Å². The zero-order valence-electron chi connectivity index (χ0n) is 10.3. The van der Waals surface area contributed by atoms with E-state index >= 15 is 0 Å². The van der Waals surface area contributed by atoms with Gasteiger partial charge in [0.1, 0.15) is 0 Å². The second-order valence-electron chi connectivity index (χ2n) is 3.92. The summed E-state index contributed by atoms with van der Waals surface area (Å²) in [6.07, 6.45) is 0.270. The summed E-state index contributed by atoms with van der Waals surface area (Å²) in [5.41, 5.74) is 0.720. The smallest absolute Gasteiger partial charge is 0.211 e. The second kappa shape index (κ2) is 6.19. The maximum Gasteiger partial charge on any atom is 0.230 e. The van der Waals surface area contributed by atoms with Crippen molar-refractivity contribution >= 4 is 21.6 Å². The van der Waals surface area contributed by atoms with Crippen LogP contribution in [0.2, 0.25) is 5.02 Å². The number of halogens is 1. The van der Waals surface area contributed by atoms with Gasteiger partial charge in [-0.2, -0.15) is 9.57 Å². The Morgan fingerprint density at radius 3 is 2.56 bits per heavy atom. The molecule has 6 heteroatoms. The molecule has 0 aliphatic rings. The summed E-state index contributed by atoms with van der Waals surface area (Å²) < 4.78 is 25.3. The van der Waals surface area contributed by atoms with Crippen molar-refractivity contribution in [2.45, 2.75) is 25.1 Å². The monoisotopic (exact) mass is 286 g/mol. The van der Waals surface area contributed by atoms with Gasteiger partial charge in [-0.3, -0.25) is 0 Å². The molecular weight excluding hydrogens is 272 g/mol. The Labute approximate surface area is 113 Å². The van der Waals surface area contributed by atoms with E-state index in [1.54, 1.807) is 31.2 Å². The minimum absolute atomic E-state index is 0.167. The van der Waals surface area contributed by atoms with E-state index in [9.17, 15) is 8.42 Å². The lowest BCUT2D eigenvalue weighted by atomic mass is 10.2. The Hall–Kier alpha value is -1.09. The van der Waals surface area contributed by atoms with E-state index in [1.165, 1.54) is 11.4 Å². The molecule has 0 radical (unpaired) electrons. The van der Waals surface area contributed by atoms with Gasteiger partial charge >= 0.3 is 0 Å². The third kappa shape index (κ3) is 3.22. The van der Waals surface area contributed by atoms with Crippen molar-refractivity contribution in [3.63, 3.8) is 0 Å². The molecule has 18 heavy (non-hydrogen) atoms. The number of hydrogen-bond acceptors (Lipinski definition) is 3. The molecule has 0 fully saturated rings. The molecule has 1 unspecified atom stereocenters. The van der Waals surface area contributed by atoms with Gasteiger partial charge in [0.15, 0.2) is 5.25 Å². The first kappa shape index (κ1) is 15.0. The van der Waals surface area contributed by atoms with Crippen LogP contribution >= 0.6 is 11.6 Å². The molecule has 1 rings (SSSR count). The normalized spacial score (nSPS) is 13.3. The Morgan fingerprint density at radius 1 is 1.44 bits per heavy atom. The van der Waals surface area contributed by atoms with Gasteiger partial charge in [-0.25, -0.2) is 8.42 Å². The lowest BCUT2D eigenvalue weighted by molar-refractivity contribution is 0.460. The fourth-order valence-electron chi connectivity index (χ4n) is 1.54. The Balaban J connectivity index is 2.93. The molecule has 0 saturated carbocycles. The molecule has 0 aliphatic heterocycles. The summed E-state index contributed by atoms with van der Waals surface area (Å²) in [5, 5.41) is 8.36. The number of benzene rings is 1. The van der Waals surface area contributed by atoms with E-state index in [4.69, 9.17) is 16.9 Å². The average Bonchev–Trinajstić information content (AvgIpc) is 2.33. The van der Waals surface area contributed by atoms with Crippen molar-refractivity contribution in [3.05, 3.63) is 34.9 Å². The van der Waals surface area contributed by atoms with Crippen LogP contribution in [-0.2, 0) is 16.6 Å². The first-order valence-corrected chi connectivity index (χ1v) is 7.39. The average molecular weight is 287 g/mol. The summed E-state index contributed by atoms with van der Waals surface area (Å²) in [7, 11) is -2.15. The van der Waals surface area contributed by atoms with Gasteiger partial charge in [0.2, 0.25) is 10.0 Å². The SMILES string of the molecule is CCC(C#N)S(=O)(=O)N(C)Cc1ccccc1Cl. The van der Waals surface area contributed by atoms with Crippen LogP contribution in [0.25, 0.3) is 0 Å². The fraction of sp³-hybridized carbons (Fsp3) is 0.417. The van der Waals surface area contributed by atoms with Crippen molar-refractivity contribution in [2.24, 2.45) is 0 Å². The number of nitriles is 1. The number of sulfonamides is 1. The maximum absolute atomic E-state index is 12.1. The van der Waals surface area contributed by atoms with Gasteiger partial charge in [-0.15, -0.1) is 0 Å². The topological polar surface area (TPSA) is 61.2 Å². The molecule has 4 nitrogen and oxygen atoms in total. The number of rotatable bonds is 5. The van der Waals surface area contributed by atoms with E-state index in [2.05, 4.69) is 0 Å². The first-order valence-electron chi connectivity index (χ1n) is 5.51. The number of hydrogen-bond donors (Lipinski definition) is 0. The van der Waals surface area contributed by atoms with E-state index in [1.807, 2.05) is 6.07 Å². The molecule has 1 atom stereocenters. The van der Waals surface area contributed by atoms with Crippen LogP contribution in [0.1, 0.15) is 18.9 Å². The van der Waals surface area contributed by atoms with Gasteiger partial charge in [0, 0.05) is 18.6 Å². The highest BCUT2D eigenvalue weighted by molar-refractivity contribution is 7.89. The number of nitrogens with zero attached hydrogens (tertiary/aromatic N) is 2. The molecule has 0 amide bonds. The predicted molar refractivity (Wildman–Crippen MR) is 71.5 cm³/mol. The largest absolute Gasteiger partial charge is 0.230 e. The molecular formula is C12H15ClN2O2S. The third-order valence-corrected chi connectivity index (χ3v) is 5.18. The molecule has 98 valence electrons. The van der Waals surface area contributed by atoms with Gasteiger partial charge < -0.3 is 0 Å². The van der Waals surface area contributed by atoms with Gasteiger partial charge in [0.25, 0.3) is 0 Å². The molecule has 0 bridgehead atoms. The quantitative estimate of drug-likeness (QED) is 0.835. The highest BCUT2D eigenvalue weighted by Crippen LogP contribution is 2.19. The Bertz CT molecular complexity index is 551. The Morgan fingerprint density at radius 2 is 2.06 bits per heavy atom. The van der Waals surface area contributed by atoms with Crippen LogP contribution in [0.5, 0.6) is 0 Å². The van der Waals surface area contributed by atoms with Crippen LogP contribution in [0.15, 0.2) is 24.3 Å². The van der Waals surface area contributed by atoms with E-state index in [0.29, 0.717) is 5.02 Å². The summed E-state index contributed by atoms with van der Waals surface area (Å²) in [6.45, 7) is 1.84. The lowest BCUT2D eigenvalue weighted by Crippen LogP contribution is -2.34. The summed E-state index contributed by atoms with van der Waals surface area (Å²) in [5.74, 6) is 0. The fourth-order valence-corrected chi connectivity index (χ4v) is 3.05. The summed E-state index contributed by atoms with van der Waals surface area (Å²) in [4.78, 5) is 0. The van der Waals surface area contributed by atoms with Gasteiger partial charge in [0.05, 0.1) is 6.07 Å². The zero-order chi connectivity index (χ0) is 13.8. The van der Waals surface area contributed by atoms with Gasteiger partial charge in [-0.05, 0) is 18.1 Å². The second-order valence-corrected chi connectivity index (χ2v) is 6.55. The predicted octanol–water partition coefficient (Wildman–Crippen LogP) is 2.40. The van der Waals surface area contributed by atoms with E-state index in [0.717, 1.165) is 5.56 Å². The molecule has 0 heterocycles. The minimum atomic E-state index is -3.60. The Kier molecular flexibility index (Phi) is 5.15. The molecule has 0 N–H and O–H groups in total. The van der Waals surface area contributed by atoms with Crippen molar-refractivity contribution in [1.29, 1.82) is 5.26 Å². The van der Waals surface area contributed by atoms with Crippen LogP contribution < -0.4 is 0 Å². The van der Waals surface area contributed by atoms with Crippen LogP contribution in [0, 0.1) is 11.3 Å². The molecule has 0 aliphatic carbocycles. The van der Waals surface area contributed by atoms with Gasteiger partial charge in [-0.1, -0.05) is 36.7 Å². The maximum atomic E-state index is 12.1. The molecule has 1 aromatic carbocycles. The third-order valence-electron chi connectivity index (χ3n) is 2.66. The van der Waals surface area contributed by atoms with Crippen molar-refractivity contribution in [3.8, 4) is 6.07 Å². The molecule has 0 spiro atoms. The zero-order valence-corrected chi connectivity index (χ0v) is 11.9. The van der Waals surface area contributed by atoms with E-state index < -0.39 is 15.3 Å². The van der Waals surface area contributed by atoms with Crippen LogP contribution in [-0.4, -0.2) is 25.0 Å². The minimum Gasteiger partial charge on any atom is -0.211 e. The molecule has 0 saturated heterocycles. The first-order chi connectivity index (χ1) is 8.43. The molecule has 0 aromatic heterocycles. The standard InChI is InChI=1S/C12H15ClN2O2S/c1-3-11(8-14)18(16,17)15(2)9-10-6-4-5-7-12(10)13/h4-7,11H,3,9H2,1-2H3. The van der Waals surface area contributed by atoms with Crippen molar-refractivity contribution in [2.75, 3.05) is 7.05 Å². The summed E-state index contributed by atoms with van der Waals surface area (Å²) in [6, 6.07) is 8.86. The highest BCUT2D eigenvalue weighted by atomic mass is 35.5. The summed E-state index contributed by atoms with van der Waals surface area (Å²) >= 11 is 5.98. The van der Waals surface area contributed by atoms with Crippen molar-refractivity contribution in [1.82, 2.24) is 4.31 Å². The highest BCUT2D eigenvalue weighted by Gasteiger charge is 2.28. The lowest BCUT2D eigenvalue weighted by Gasteiger charge is -2.20.